The van der Waals surface area contributed by atoms with Gasteiger partial charge in [-0.15, -0.1) is 11.3 Å². The molecule has 0 atom stereocenters. The van der Waals surface area contributed by atoms with E-state index in [9.17, 15) is 14.4 Å². The van der Waals surface area contributed by atoms with Crippen LogP contribution in [0.15, 0.2) is 48.1 Å². The first kappa shape index (κ1) is 23.0. The number of carbonyl (C=O) groups is 3. The Balaban J connectivity index is 1.55. The van der Waals surface area contributed by atoms with Crippen molar-refractivity contribution in [2.24, 2.45) is 0 Å². The molecule has 9 nitrogen and oxygen atoms in total. The number of hydrogen-bond donors (Lipinski definition) is 1. The van der Waals surface area contributed by atoms with Crippen LogP contribution < -0.4 is 5.32 Å². The van der Waals surface area contributed by atoms with Crippen molar-refractivity contribution in [1.82, 2.24) is 19.9 Å². The molecule has 166 valence electrons. The van der Waals surface area contributed by atoms with Crippen molar-refractivity contribution in [3.8, 4) is 10.8 Å². The molecular weight excluding hydrogens is 430 g/mol. The molecule has 0 saturated heterocycles. The molecule has 1 N–H and O–H groups in total. The predicted molar refractivity (Wildman–Crippen MR) is 120 cm³/mol. The van der Waals surface area contributed by atoms with Gasteiger partial charge in [-0.3, -0.25) is 9.59 Å². The summed E-state index contributed by atoms with van der Waals surface area (Å²) in [5.74, 6) is -1.10. The van der Waals surface area contributed by atoms with Crippen LogP contribution in [0.5, 0.6) is 0 Å². The molecule has 10 heteroatoms. The molecule has 32 heavy (non-hydrogen) atoms. The maximum Gasteiger partial charge on any atom is 0.358 e. The zero-order chi connectivity index (χ0) is 22.9. The first-order valence-corrected chi connectivity index (χ1v) is 10.9. The highest BCUT2D eigenvalue weighted by Crippen LogP contribution is 2.20. The van der Waals surface area contributed by atoms with E-state index in [-0.39, 0.29) is 18.1 Å². The van der Waals surface area contributed by atoms with E-state index < -0.39 is 18.5 Å². The maximum absolute atomic E-state index is 12.6. The number of thiazole rings is 1. The lowest BCUT2D eigenvalue weighted by molar-refractivity contribution is -0.137. The molecule has 0 fully saturated rings. The average Bonchev–Trinajstić information content (AvgIpc) is 3.29. The molecule has 0 aliphatic rings. The molecule has 2 amide bonds. The number of rotatable bonds is 9. The van der Waals surface area contributed by atoms with Crippen LogP contribution in [0.2, 0.25) is 0 Å². The molecule has 2 aromatic heterocycles. The quantitative estimate of drug-likeness (QED) is 0.495. The van der Waals surface area contributed by atoms with Crippen molar-refractivity contribution in [2.75, 3.05) is 25.0 Å². The van der Waals surface area contributed by atoms with Crippen molar-refractivity contribution < 1.29 is 19.1 Å². The second-order valence-electron chi connectivity index (χ2n) is 6.86. The van der Waals surface area contributed by atoms with E-state index in [0.717, 1.165) is 5.56 Å². The lowest BCUT2D eigenvalue weighted by Crippen LogP contribution is -2.40. The van der Waals surface area contributed by atoms with Gasteiger partial charge < -0.3 is 15.0 Å². The van der Waals surface area contributed by atoms with Gasteiger partial charge in [-0.05, 0) is 31.0 Å². The summed E-state index contributed by atoms with van der Waals surface area (Å²) in [7, 11) is 0. The summed E-state index contributed by atoms with van der Waals surface area (Å²) in [4.78, 5) is 51.0. The number of nitrogens with one attached hydrogen (secondary N) is 1. The molecule has 3 rings (SSSR count). The van der Waals surface area contributed by atoms with Crippen LogP contribution in [0.1, 0.15) is 29.4 Å². The molecule has 0 radical (unpaired) electrons. The number of amides is 2. The zero-order valence-electron chi connectivity index (χ0n) is 17.8. The van der Waals surface area contributed by atoms with E-state index in [1.165, 1.54) is 21.6 Å². The summed E-state index contributed by atoms with van der Waals surface area (Å²) >= 11 is 1.20. The number of aromatic nitrogens is 3. The Hall–Kier alpha value is -3.66. The van der Waals surface area contributed by atoms with Gasteiger partial charge in [0.05, 0.1) is 6.54 Å². The van der Waals surface area contributed by atoms with Crippen molar-refractivity contribution in [3.05, 3.63) is 59.4 Å². The van der Waals surface area contributed by atoms with E-state index in [0.29, 0.717) is 29.5 Å². The second kappa shape index (κ2) is 11.1. The van der Waals surface area contributed by atoms with Gasteiger partial charge in [0, 0.05) is 30.0 Å². The van der Waals surface area contributed by atoms with Crippen LogP contribution in [0.3, 0.4) is 0 Å². The summed E-state index contributed by atoms with van der Waals surface area (Å²) in [6.45, 7) is 3.53. The van der Waals surface area contributed by atoms with Crippen LogP contribution in [0.4, 0.5) is 5.69 Å². The smallest absolute Gasteiger partial charge is 0.358 e. The van der Waals surface area contributed by atoms with Gasteiger partial charge in [-0.2, -0.15) is 0 Å². The molecule has 2 heterocycles. The van der Waals surface area contributed by atoms with Crippen molar-refractivity contribution >= 4 is 34.8 Å². The van der Waals surface area contributed by atoms with Gasteiger partial charge in [0.15, 0.2) is 23.1 Å². The molecule has 0 aliphatic carbocycles. The van der Waals surface area contributed by atoms with Crippen molar-refractivity contribution in [1.29, 1.82) is 0 Å². The normalized spacial score (nSPS) is 10.4. The largest absolute Gasteiger partial charge is 0.451 e. The zero-order valence-corrected chi connectivity index (χ0v) is 18.6. The SMILES string of the molecule is CCCN(CC(=O)Nc1ccccc1C)C(=O)COC(=O)c1csc(-c2ncccn2)n1. The van der Waals surface area contributed by atoms with Crippen LogP contribution >= 0.6 is 11.3 Å². The highest BCUT2D eigenvalue weighted by atomic mass is 32.1. The average molecular weight is 454 g/mol. The third-order valence-corrected chi connectivity index (χ3v) is 5.24. The van der Waals surface area contributed by atoms with Crippen molar-refractivity contribution in [3.63, 3.8) is 0 Å². The number of para-hydroxylation sites is 1. The number of nitrogens with zero attached hydrogens (tertiary/aromatic N) is 4. The first-order valence-electron chi connectivity index (χ1n) is 10.0. The fraction of sp³-hybridized carbons (Fsp3) is 0.273. The minimum absolute atomic E-state index is 0.0737. The number of carbonyl (C=O) groups excluding carboxylic acids is 3. The fourth-order valence-electron chi connectivity index (χ4n) is 2.81. The van der Waals surface area contributed by atoms with E-state index in [4.69, 9.17) is 4.74 Å². The van der Waals surface area contributed by atoms with Crippen LogP contribution in [0, 0.1) is 6.92 Å². The second-order valence-corrected chi connectivity index (χ2v) is 7.72. The third-order valence-electron chi connectivity index (χ3n) is 4.40. The Bertz CT molecular complexity index is 1090. The van der Waals surface area contributed by atoms with Crippen LogP contribution in [-0.2, 0) is 14.3 Å². The van der Waals surface area contributed by atoms with Gasteiger partial charge in [-0.25, -0.2) is 19.7 Å². The molecule has 0 unspecified atom stereocenters. The van der Waals surface area contributed by atoms with E-state index in [1.807, 2.05) is 32.0 Å². The lowest BCUT2D eigenvalue weighted by atomic mass is 10.2. The monoisotopic (exact) mass is 453 g/mol. The number of benzene rings is 1. The molecule has 0 saturated carbocycles. The molecule has 1 aromatic carbocycles. The number of anilines is 1. The minimum Gasteiger partial charge on any atom is -0.451 e. The Labute approximate surface area is 189 Å². The van der Waals surface area contributed by atoms with Crippen LogP contribution in [-0.4, -0.2) is 57.3 Å². The summed E-state index contributed by atoms with van der Waals surface area (Å²) in [6.07, 6.45) is 3.82. The maximum atomic E-state index is 12.6. The molecule has 0 bridgehead atoms. The Morgan fingerprint density at radius 3 is 2.59 bits per heavy atom. The van der Waals surface area contributed by atoms with Gasteiger partial charge in [0.25, 0.3) is 5.91 Å². The molecule has 3 aromatic rings. The van der Waals surface area contributed by atoms with Gasteiger partial charge in [-0.1, -0.05) is 25.1 Å². The third kappa shape index (κ3) is 6.17. The Morgan fingerprint density at radius 2 is 1.88 bits per heavy atom. The highest BCUT2D eigenvalue weighted by Gasteiger charge is 2.20. The highest BCUT2D eigenvalue weighted by molar-refractivity contribution is 7.13. The van der Waals surface area contributed by atoms with Crippen LogP contribution in [0.25, 0.3) is 10.8 Å². The van der Waals surface area contributed by atoms with Gasteiger partial charge >= 0.3 is 5.97 Å². The summed E-state index contributed by atoms with van der Waals surface area (Å²) in [5.41, 5.74) is 1.69. The van der Waals surface area contributed by atoms with Crippen molar-refractivity contribution in [2.45, 2.75) is 20.3 Å². The number of ether oxygens (including phenoxy) is 1. The lowest BCUT2D eigenvalue weighted by Gasteiger charge is -2.21. The summed E-state index contributed by atoms with van der Waals surface area (Å²) in [5, 5.41) is 4.80. The molecule has 0 aliphatic heterocycles. The first-order chi connectivity index (χ1) is 15.5. The molecule has 0 spiro atoms. The Morgan fingerprint density at radius 1 is 1.12 bits per heavy atom. The van der Waals surface area contributed by atoms with Gasteiger partial charge in [0.1, 0.15) is 0 Å². The predicted octanol–water partition coefficient (Wildman–Crippen LogP) is 2.94. The van der Waals surface area contributed by atoms with E-state index in [2.05, 4.69) is 20.3 Å². The number of aryl methyl sites for hydroxylation is 1. The number of hydrogen-bond acceptors (Lipinski definition) is 8. The Kier molecular flexibility index (Phi) is 7.98. The van der Waals surface area contributed by atoms with Gasteiger partial charge in [0.2, 0.25) is 5.91 Å². The van der Waals surface area contributed by atoms with E-state index >= 15 is 0 Å². The topological polar surface area (TPSA) is 114 Å². The fourth-order valence-corrected chi connectivity index (χ4v) is 3.54. The standard InChI is InChI=1S/C22H23N5O4S/c1-3-11-27(12-18(28)25-16-8-5-4-7-15(16)2)19(29)13-31-22(30)17-14-32-21(26-17)20-23-9-6-10-24-20/h4-10,14H,3,11-13H2,1-2H3,(H,25,28). The summed E-state index contributed by atoms with van der Waals surface area (Å²) < 4.78 is 5.13. The minimum atomic E-state index is -0.724. The molecular formula is C22H23N5O4S. The number of esters is 1. The summed E-state index contributed by atoms with van der Waals surface area (Å²) in [6, 6.07) is 9.07. The van der Waals surface area contributed by atoms with E-state index in [1.54, 1.807) is 24.5 Å².